The summed E-state index contributed by atoms with van der Waals surface area (Å²) in [4.78, 5) is 25.6. The van der Waals surface area contributed by atoms with Gasteiger partial charge >= 0.3 is 6.09 Å². The standard InChI is InChI=1S/C23H29N3O3/c1-17(18-10-6-5-7-11-18)26-23(20-12-8-9-13-24-20)16-25(14-19(23)15-28-26)21(27)29-22(2,3)4/h5-13,17,19H,14-16H2,1-4H3/t17-,19?,23?/m1/s1. The van der Waals surface area contributed by atoms with Crippen molar-refractivity contribution in [1.82, 2.24) is 14.9 Å². The molecule has 3 heterocycles. The molecule has 1 amide bonds. The van der Waals surface area contributed by atoms with Crippen molar-refractivity contribution in [2.24, 2.45) is 5.92 Å². The molecule has 0 saturated carbocycles. The van der Waals surface area contributed by atoms with E-state index in [0.29, 0.717) is 19.7 Å². The zero-order valence-electron chi connectivity index (χ0n) is 17.5. The SMILES string of the molecule is C[C@H](c1ccccc1)N1OCC2CN(C(=O)OC(C)(C)C)CC21c1ccccn1. The van der Waals surface area contributed by atoms with E-state index in [0.717, 1.165) is 5.69 Å². The Bertz CT molecular complexity index is 853. The number of nitrogens with zero attached hydrogens (tertiary/aromatic N) is 3. The van der Waals surface area contributed by atoms with Crippen LogP contribution in [0.25, 0.3) is 0 Å². The lowest BCUT2D eigenvalue weighted by Gasteiger charge is -2.39. The number of rotatable bonds is 3. The minimum absolute atomic E-state index is 0.0155. The smallest absolute Gasteiger partial charge is 0.410 e. The summed E-state index contributed by atoms with van der Waals surface area (Å²) in [7, 11) is 0. The number of hydroxylamine groups is 2. The average molecular weight is 396 g/mol. The Kier molecular flexibility index (Phi) is 5.09. The topological polar surface area (TPSA) is 54.9 Å². The third-order valence-corrected chi connectivity index (χ3v) is 5.75. The molecule has 29 heavy (non-hydrogen) atoms. The molecular formula is C23H29N3O3. The number of carbonyl (C=O) groups is 1. The highest BCUT2D eigenvalue weighted by atomic mass is 16.7. The first-order valence-corrected chi connectivity index (χ1v) is 10.2. The fraction of sp³-hybridized carbons (Fsp3) is 0.478. The van der Waals surface area contributed by atoms with Gasteiger partial charge in [0.05, 0.1) is 24.9 Å². The number of likely N-dealkylation sites (tertiary alicyclic amines) is 1. The van der Waals surface area contributed by atoms with Gasteiger partial charge in [0.2, 0.25) is 0 Å². The molecule has 4 rings (SSSR count). The third kappa shape index (κ3) is 3.63. The molecule has 3 atom stereocenters. The van der Waals surface area contributed by atoms with E-state index < -0.39 is 11.1 Å². The molecule has 6 nitrogen and oxygen atoms in total. The molecule has 2 saturated heterocycles. The Morgan fingerprint density at radius 2 is 1.93 bits per heavy atom. The number of pyridine rings is 1. The fourth-order valence-corrected chi connectivity index (χ4v) is 4.44. The van der Waals surface area contributed by atoms with Crippen LogP contribution in [0.1, 0.15) is 45.0 Å². The van der Waals surface area contributed by atoms with E-state index in [-0.39, 0.29) is 18.1 Å². The molecule has 154 valence electrons. The van der Waals surface area contributed by atoms with Gasteiger partial charge in [0.1, 0.15) is 11.1 Å². The Morgan fingerprint density at radius 3 is 2.59 bits per heavy atom. The number of amides is 1. The fourth-order valence-electron chi connectivity index (χ4n) is 4.44. The van der Waals surface area contributed by atoms with E-state index in [1.807, 2.05) is 57.2 Å². The van der Waals surface area contributed by atoms with Crippen molar-refractivity contribution in [2.45, 2.75) is 44.9 Å². The zero-order chi connectivity index (χ0) is 20.6. The van der Waals surface area contributed by atoms with Crippen LogP contribution in [0, 0.1) is 5.92 Å². The van der Waals surface area contributed by atoms with Crippen molar-refractivity contribution in [3.05, 3.63) is 66.0 Å². The van der Waals surface area contributed by atoms with Crippen LogP contribution in [-0.4, -0.2) is 46.3 Å². The van der Waals surface area contributed by atoms with Crippen LogP contribution >= 0.6 is 0 Å². The third-order valence-electron chi connectivity index (χ3n) is 5.75. The predicted octanol–water partition coefficient (Wildman–Crippen LogP) is 4.15. The highest BCUT2D eigenvalue weighted by Gasteiger charge is 2.60. The Labute approximate surface area is 172 Å². The molecule has 2 unspecified atom stereocenters. The molecular weight excluding hydrogens is 366 g/mol. The second-order valence-corrected chi connectivity index (χ2v) is 8.91. The summed E-state index contributed by atoms with van der Waals surface area (Å²) in [5, 5.41) is 2.06. The molecule has 6 heteroatoms. The van der Waals surface area contributed by atoms with Crippen molar-refractivity contribution >= 4 is 6.09 Å². The number of carbonyl (C=O) groups excluding carboxylic acids is 1. The first-order chi connectivity index (χ1) is 13.8. The molecule has 2 aliphatic rings. The van der Waals surface area contributed by atoms with Gasteiger partial charge in [-0.05, 0) is 45.4 Å². The van der Waals surface area contributed by atoms with E-state index >= 15 is 0 Å². The maximum atomic E-state index is 12.8. The summed E-state index contributed by atoms with van der Waals surface area (Å²) in [5.41, 5.74) is 1.06. The van der Waals surface area contributed by atoms with E-state index in [2.05, 4.69) is 29.1 Å². The Morgan fingerprint density at radius 1 is 1.21 bits per heavy atom. The van der Waals surface area contributed by atoms with Gasteiger partial charge in [0.25, 0.3) is 0 Å². The minimum Gasteiger partial charge on any atom is -0.444 e. The van der Waals surface area contributed by atoms with Crippen LogP contribution in [-0.2, 0) is 15.1 Å². The van der Waals surface area contributed by atoms with Gasteiger partial charge in [-0.2, -0.15) is 5.06 Å². The maximum absolute atomic E-state index is 12.8. The monoisotopic (exact) mass is 395 g/mol. The molecule has 2 aliphatic heterocycles. The van der Waals surface area contributed by atoms with E-state index in [1.165, 1.54) is 5.56 Å². The number of hydrogen-bond donors (Lipinski definition) is 0. The molecule has 2 fully saturated rings. The molecule has 1 aromatic carbocycles. The van der Waals surface area contributed by atoms with Gasteiger partial charge in [0.15, 0.2) is 0 Å². The van der Waals surface area contributed by atoms with Crippen molar-refractivity contribution in [3.8, 4) is 0 Å². The number of aromatic nitrogens is 1. The summed E-state index contributed by atoms with van der Waals surface area (Å²) in [6, 6.07) is 16.3. The van der Waals surface area contributed by atoms with Crippen LogP contribution < -0.4 is 0 Å². The van der Waals surface area contributed by atoms with E-state index in [9.17, 15) is 4.79 Å². The maximum Gasteiger partial charge on any atom is 0.410 e. The highest BCUT2D eigenvalue weighted by Crippen LogP contribution is 2.50. The first kappa shape index (κ1) is 19.9. The van der Waals surface area contributed by atoms with Crippen LogP contribution in [0.5, 0.6) is 0 Å². The summed E-state index contributed by atoms with van der Waals surface area (Å²) >= 11 is 0. The lowest BCUT2D eigenvalue weighted by molar-refractivity contribution is -0.197. The zero-order valence-corrected chi connectivity index (χ0v) is 17.5. The summed E-state index contributed by atoms with van der Waals surface area (Å²) < 4.78 is 5.66. The number of ether oxygens (including phenoxy) is 1. The molecule has 2 aromatic rings. The number of benzene rings is 1. The lowest BCUT2D eigenvalue weighted by atomic mass is 9.83. The van der Waals surface area contributed by atoms with Crippen molar-refractivity contribution in [1.29, 1.82) is 0 Å². The lowest BCUT2D eigenvalue weighted by Crippen LogP contribution is -2.48. The van der Waals surface area contributed by atoms with Crippen molar-refractivity contribution in [3.63, 3.8) is 0 Å². The van der Waals surface area contributed by atoms with Crippen LogP contribution in [0.2, 0.25) is 0 Å². The van der Waals surface area contributed by atoms with Crippen molar-refractivity contribution in [2.75, 3.05) is 19.7 Å². The van der Waals surface area contributed by atoms with Crippen molar-refractivity contribution < 1.29 is 14.4 Å². The molecule has 1 aromatic heterocycles. The molecule has 0 bridgehead atoms. The minimum atomic E-state index is -0.527. The molecule has 0 N–H and O–H groups in total. The van der Waals surface area contributed by atoms with Gasteiger partial charge in [-0.3, -0.25) is 9.82 Å². The van der Waals surface area contributed by atoms with Crippen LogP contribution in [0.15, 0.2) is 54.7 Å². The molecule has 0 aliphatic carbocycles. The molecule has 0 spiro atoms. The van der Waals surface area contributed by atoms with E-state index in [1.54, 1.807) is 11.1 Å². The Hall–Kier alpha value is -2.44. The van der Waals surface area contributed by atoms with Gasteiger partial charge in [-0.15, -0.1) is 0 Å². The summed E-state index contributed by atoms with van der Waals surface area (Å²) in [5.74, 6) is 0.121. The molecule has 0 radical (unpaired) electrons. The second-order valence-electron chi connectivity index (χ2n) is 8.91. The number of hydrogen-bond acceptors (Lipinski definition) is 5. The average Bonchev–Trinajstić information content (AvgIpc) is 3.24. The van der Waals surface area contributed by atoms with E-state index in [4.69, 9.17) is 9.57 Å². The normalized spacial score (nSPS) is 25.7. The van der Waals surface area contributed by atoms with Gasteiger partial charge < -0.3 is 9.64 Å². The van der Waals surface area contributed by atoms with Gasteiger partial charge in [-0.1, -0.05) is 36.4 Å². The van der Waals surface area contributed by atoms with Crippen LogP contribution in [0.4, 0.5) is 4.79 Å². The highest BCUT2D eigenvalue weighted by molar-refractivity contribution is 5.69. The van der Waals surface area contributed by atoms with Gasteiger partial charge in [0, 0.05) is 18.7 Å². The van der Waals surface area contributed by atoms with Crippen LogP contribution in [0.3, 0.4) is 0 Å². The second kappa shape index (κ2) is 7.43. The number of fused-ring (bicyclic) bond motifs is 1. The first-order valence-electron chi connectivity index (χ1n) is 10.2. The summed E-state index contributed by atoms with van der Waals surface area (Å²) in [6.07, 6.45) is 1.52. The van der Waals surface area contributed by atoms with Gasteiger partial charge in [-0.25, -0.2) is 4.79 Å². The quantitative estimate of drug-likeness (QED) is 0.781. The summed E-state index contributed by atoms with van der Waals surface area (Å²) in [6.45, 7) is 9.44. The predicted molar refractivity (Wildman–Crippen MR) is 110 cm³/mol. The Balaban J connectivity index is 1.70. The largest absolute Gasteiger partial charge is 0.444 e.